The molecule has 1 saturated carbocycles. The van der Waals surface area contributed by atoms with Crippen molar-refractivity contribution in [3.05, 3.63) is 41.4 Å². The number of hydrogen-bond donors (Lipinski definition) is 0. The lowest BCUT2D eigenvalue weighted by Gasteiger charge is -2.48. The highest BCUT2D eigenvalue weighted by Crippen LogP contribution is 2.40. The van der Waals surface area contributed by atoms with E-state index in [1.165, 1.54) is 18.5 Å². The third kappa shape index (κ3) is 3.22. The summed E-state index contributed by atoms with van der Waals surface area (Å²) in [5.74, 6) is 0.660. The Labute approximate surface area is 160 Å². The maximum atomic E-state index is 12.8. The first-order valence-electron chi connectivity index (χ1n) is 10.00. The predicted octanol–water partition coefficient (Wildman–Crippen LogP) is 2.14. The molecule has 1 aromatic heterocycles. The maximum absolute atomic E-state index is 12.8. The lowest BCUT2D eigenvalue weighted by Crippen LogP contribution is -2.55. The number of rotatable bonds is 2. The van der Waals surface area contributed by atoms with Gasteiger partial charge in [0.05, 0.1) is 5.56 Å². The third-order valence-corrected chi connectivity index (χ3v) is 6.42. The SMILES string of the molecule is CC1=C(N2CCN(C(=O)c3cccnc3)CC2)C2CCCCC2N(C)C1=O. The summed E-state index contributed by atoms with van der Waals surface area (Å²) in [7, 11) is 1.95. The molecule has 1 aliphatic carbocycles. The fraction of sp³-hybridized carbons (Fsp3) is 0.571. The average Bonchev–Trinajstić information content (AvgIpc) is 2.73. The highest BCUT2D eigenvalue weighted by Gasteiger charge is 2.42. The standard InChI is InChI=1S/C21H28N4O2/c1-15-19(17-7-3-4-8-18(17)23(2)20(15)26)24-10-12-25(13-11-24)21(27)16-6-5-9-22-14-16/h5-6,9,14,17-18H,3-4,7-8,10-13H2,1-2H3. The van der Waals surface area contributed by atoms with Gasteiger partial charge in [0.1, 0.15) is 0 Å². The Balaban J connectivity index is 1.50. The summed E-state index contributed by atoms with van der Waals surface area (Å²) in [6.07, 6.45) is 8.01. The summed E-state index contributed by atoms with van der Waals surface area (Å²) in [6.45, 7) is 4.93. The zero-order valence-corrected chi connectivity index (χ0v) is 16.2. The molecular formula is C21H28N4O2. The first-order valence-corrected chi connectivity index (χ1v) is 10.00. The fourth-order valence-corrected chi connectivity index (χ4v) is 4.99. The molecule has 2 atom stereocenters. The van der Waals surface area contributed by atoms with Crippen LogP contribution in [0, 0.1) is 5.92 Å². The molecule has 3 aliphatic rings. The number of hydrogen-bond acceptors (Lipinski definition) is 4. The second kappa shape index (κ2) is 7.33. The topological polar surface area (TPSA) is 56.8 Å². The molecule has 27 heavy (non-hydrogen) atoms. The first-order chi connectivity index (χ1) is 13.1. The number of carbonyl (C=O) groups excluding carboxylic acids is 2. The molecule has 1 aromatic rings. The molecule has 0 N–H and O–H groups in total. The molecule has 0 bridgehead atoms. The van der Waals surface area contributed by atoms with Crippen LogP contribution in [-0.4, -0.2) is 70.8 Å². The molecule has 1 saturated heterocycles. The number of likely N-dealkylation sites (N-methyl/N-ethyl adjacent to an activating group) is 1. The zero-order valence-electron chi connectivity index (χ0n) is 16.2. The highest BCUT2D eigenvalue weighted by molar-refractivity contribution is 5.95. The lowest BCUT2D eigenvalue weighted by molar-refractivity contribution is -0.131. The van der Waals surface area contributed by atoms with Gasteiger partial charge in [0.2, 0.25) is 0 Å². The number of piperazine rings is 1. The molecule has 2 aliphatic heterocycles. The van der Waals surface area contributed by atoms with E-state index in [4.69, 9.17) is 0 Å². The van der Waals surface area contributed by atoms with Crippen LogP contribution in [0.1, 0.15) is 43.0 Å². The van der Waals surface area contributed by atoms with Crippen molar-refractivity contribution in [3.8, 4) is 0 Å². The monoisotopic (exact) mass is 368 g/mol. The predicted molar refractivity (Wildman–Crippen MR) is 103 cm³/mol. The Morgan fingerprint density at radius 2 is 1.89 bits per heavy atom. The van der Waals surface area contributed by atoms with Crippen molar-refractivity contribution in [3.63, 3.8) is 0 Å². The van der Waals surface area contributed by atoms with Gasteiger partial charge in [-0.1, -0.05) is 12.8 Å². The molecule has 6 heteroatoms. The largest absolute Gasteiger partial charge is 0.371 e. The van der Waals surface area contributed by atoms with Crippen molar-refractivity contribution in [2.24, 2.45) is 5.92 Å². The van der Waals surface area contributed by atoms with E-state index in [0.717, 1.165) is 31.5 Å². The van der Waals surface area contributed by atoms with Crippen molar-refractivity contribution in [1.82, 2.24) is 19.7 Å². The van der Waals surface area contributed by atoms with Gasteiger partial charge in [0, 0.05) is 68.9 Å². The molecule has 2 unspecified atom stereocenters. The average molecular weight is 368 g/mol. The van der Waals surface area contributed by atoms with Gasteiger partial charge in [-0.3, -0.25) is 14.6 Å². The molecular weight excluding hydrogens is 340 g/mol. The number of carbonyl (C=O) groups is 2. The first kappa shape index (κ1) is 18.0. The maximum Gasteiger partial charge on any atom is 0.255 e. The number of amides is 2. The Bertz CT molecular complexity index is 753. The van der Waals surface area contributed by atoms with Gasteiger partial charge in [-0.25, -0.2) is 0 Å². The van der Waals surface area contributed by atoms with Gasteiger partial charge in [-0.2, -0.15) is 0 Å². The number of aromatic nitrogens is 1. The van der Waals surface area contributed by atoms with E-state index in [2.05, 4.69) is 9.88 Å². The molecule has 0 radical (unpaired) electrons. The highest BCUT2D eigenvalue weighted by atomic mass is 16.2. The van der Waals surface area contributed by atoms with Gasteiger partial charge >= 0.3 is 0 Å². The van der Waals surface area contributed by atoms with Crippen LogP contribution in [0.4, 0.5) is 0 Å². The van der Waals surface area contributed by atoms with Gasteiger partial charge in [-0.05, 0) is 31.9 Å². The summed E-state index contributed by atoms with van der Waals surface area (Å²) < 4.78 is 0. The van der Waals surface area contributed by atoms with Gasteiger partial charge in [0.15, 0.2) is 0 Å². The minimum atomic E-state index is 0.0449. The Kier molecular flexibility index (Phi) is 4.89. The van der Waals surface area contributed by atoms with E-state index < -0.39 is 0 Å². The quantitative estimate of drug-likeness (QED) is 0.803. The van der Waals surface area contributed by atoms with E-state index in [1.54, 1.807) is 18.5 Å². The van der Waals surface area contributed by atoms with E-state index in [0.29, 0.717) is 30.6 Å². The summed E-state index contributed by atoms with van der Waals surface area (Å²) in [4.78, 5) is 35.7. The molecule has 4 rings (SSSR count). The van der Waals surface area contributed by atoms with Crippen LogP contribution in [0.25, 0.3) is 0 Å². The van der Waals surface area contributed by atoms with Crippen molar-refractivity contribution >= 4 is 11.8 Å². The Hall–Kier alpha value is -2.37. The molecule has 6 nitrogen and oxygen atoms in total. The van der Waals surface area contributed by atoms with E-state index in [1.807, 2.05) is 29.8 Å². The van der Waals surface area contributed by atoms with Crippen molar-refractivity contribution < 1.29 is 9.59 Å². The second-order valence-electron chi connectivity index (χ2n) is 7.91. The zero-order chi connectivity index (χ0) is 19.0. The van der Waals surface area contributed by atoms with Crippen LogP contribution >= 0.6 is 0 Å². The Morgan fingerprint density at radius 3 is 2.59 bits per heavy atom. The third-order valence-electron chi connectivity index (χ3n) is 6.42. The van der Waals surface area contributed by atoms with Gasteiger partial charge in [-0.15, -0.1) is 0 Å². The van der Waals surface area contributed by atoms with E-state index in [9.17, 15) is 9.59 Å². The smallest absolute Gasteiger partial charge is 0.255 e. The Morgan fingerprint density at radius 1 is 1.15 bits per heavy atom. The van der Waals surface area contributed by atoms with E-state index >= 15 is 0 Å². The lowest BCUT2D eigenvalue weighted by atomic mass is 9.77. The van der Waals surface area contributed by atoms with Gasteiger partial charge in [0.25, 0.3) is 11.8 Å². The molecule has 3 heterocycles. The number of fused-ring (bicyclic) bond motifs is 1. The molecule has 144 valence electrons. The van der Waals surface area contributed by atoms with E-state index in [-0.39, 0.29) is 11.8 Å². The van der Waals surface area contributed by atoms with Crippen LogP contribution < -0.4 is 0 Å². The normalized spacial score (nSPS) is 26.3. The van der Waals surface area contributed by atoms with Crippen LogP contribution in [0.5, 0.6) is 0 Å². The minimum absolute atomic E-state index is 0.0449. The summed E-state index contributed by atoms with van der Waals surface area (Å²) >= 11 is 0. The fourth-order valence-electron chi connectivity index (χ4n) is 4.99. The summed E-state index contributed by atoms with van der Waals surface area (Å²) in [6, 6.07) is 3.95. The second-order valence-corrected chi connectivity index (χ2v) is 7.91. The van der Waals surface area contributed by atoms with Crippen molar-refractivity contribution in [2.45, 2.75) is 38.6 Å². The van der Waals surface area contributed by atoms with Crippen LogP contribution in [0.3, 0.4) is 0 Å². The number of pyridine rings is 1. The molecule has 0 spiro atoms. The van der Waals surface area contributed by atoms with Crippen LogP contribution in [0.2, 0.25) is 0 Å². The molecule has 0 aromatic carbocycles. The molecule has 2 fully saturated rings. The van der Waals surface area contributed by atoms with Gasteiger partial charge < -0.3 is 14.7 Å². The summed E-state index contributed by atoms with van der Waals surface area (Å²) in [5.41, 5.74) is 2.78. The van der Waals surface area contributed by atoms with Crippen LogP contribution in [-0.2, 0) is 4.79 Å². The van der Waals surface area contributed by atoms with Crippen molar-refractivity contribution in [1.29, 1.82) is 0 Å². The van der Waals surface area contributed by atoms with Crippen LogP contribution in [0.15, 0.2) is 35.8 Å². The molecule has 2 amide bonds. The minimum Gasteiger partial charge on any atom is -0.371 e. The van der Waals surface area contributed by atoms with Crippen molar-refractivity contribution in [2.75, 3.05) is 33.2 Å². The summed E-state index contributed by atoms with van der Waals surface area (Å²) in [5, 5.41) is 0. The number of nitrogens with zero attached hydrogens (tertiary/aromatic N) is 4.